The Hall–Kier alpha value is -2.05. The first-order chi connectivity index (χ1) is 12.1. The molecule has 0 radical (unpaired) electrons. The quantitative estimate of drug-likeness (QED) is 0.890. The largest absolute Gasteiger partial charge is 0.348 e. The fourth-order valence-corrected chi connectivity index (χ4v) is 4.12. The summed E-state index contributed by atoms with van der Waals surface area (Å²) in [6.07, 6.45) is 3.30. The molecular formula is C19H21FN2O2S. The van der Waals surface area contributed by atoms with Crippen LogP contribution in [-0.4, -0.2) is 27.5 Å². The van der Waals surface area contributed by atoms with Crippen LogP contribution in [0, 0.1) is 5.82 Å². The summed E-state index contributed by atoms with van der Waals surface area (Å²) in [7, 11) is -1.23. The van der Waals surface area contributed by atoms with Gasteiger partial charge in [0, 0.05) is 25.2 Å². The molecule has 1 aliphatic rings. The summed E-state index contributed by atoms with van der Waals surface area (Å²) in [6, 6.07) is 12.9. The molecule has 25 heavy (non-hydrogen) atoms. The van der Waals surface area contributed by atoms with Gasteiger partial charge in [0.05, 0.1) is 4.90 Å². The second-order valence-electron chi connectivity index (χ2n) is 6.08. The van der Waals surface area contributed by atoms with Crippen LogP contribution in [0.5, 0.6) is 0 Å². The van der Waals surface area contributed by atoms with Crippen molar-refractivity contribution in [2.24, 2.45) is 0 Å². The van der Waals surface area contributed by atoms with Gasteiger partial charge < -0.3 is 5.32 Å². The maximum Gasteiger partial charge on any atom is 0.251 e. The molecule has 0 spiro atoms. The number of carbonyl (C=O) groups is 1. The lowest BCUT2D eigenvalue weighted by molar-refractivity contribution is 0.0950. The van der Waals surface area contributed by atoms with E-state index in [1.54, 1.807) is 36.4 Å². The van der Waals surface area contributed by atoms with Gasteiger partial charge in [-0.2, -0.15) is 0 Å². The molecule has 1 atom stereocenters. The minimum atomic E-state index is -1.23. The van der Waals surface area contributed by atoms with Gasteiger partial charge in [-0.1, -0.05) is 24.6 Å². The van der Waals surface area contributed by atoms with Crippen molar-refractivity contribution in [3.8, 4) is 0 Å². The molecule has 1 N–H and O–H groups in total. The number of benzene rings is 2. The van der Waals surface area contributed by atoms with Crippen LogP contribution in [0.2, 0.25) is 0 Å². The molecule has 132 valence electrons. The van der Waals surface area contributed by atoms with Gasteiger partial charge in [-0.15, -0.1) is 0 Å². The lowest BCUT2D eigenvalue weighted by Crippen LogP contribution is -2.31. The lowest BCUT2D eigenvalue weighted by atomic mass is 10.2. The highest BCUT2D eigenvalue weighted by Gasteiger charge is 2.18. The van der Waals surface area contributed by atoms with E-state index in [-0.39, 0.29) is 11.7 Å². The van der Waals surface area contributed by atoms with Gasteiger partial charge in [-0.3, -0.25) is 4.79 Å². The van der Waals surface area contributed by atoms with Crippen LogP contribution in [0.25, 0.3) is 0 Å². The highest BCUT2D eigenvalue weighted by Crippen LogP contribution is 2.18. The maximum absolute atomic E-state index is 12.9. The van der Waals surface area contributed by atoms with Crippen molar-refractivity contribution >= 4 is 16.9 Å². The Balaban J connectivity index is 1.64. The summed E-state index contributed by atoms with van der Waals surface area (Å²) in [4.78, 5) is 13.0. The van der Waals surface area contributed by atoms with Crippen molar-refractivity contribution in [2.75, 3.05) is 13.1 Å². The Morgan fingerprint density at radius 2 is 1.80 bits per heavy atom. The summed E-state index contributed by atoms with van der Waals surface area (Å²) in [6.45, 7) is 1.97. The van der Waals surface area contributed by atoms with Crippen molar-refractivity contribution < 1.29 is 13.4 Å². The Morgan fingerprint density at radius 3 is 2.52 bits per heavy atom. The topological polar surface area (TPSA) is 49.4 Å². The third kappa shape index (κ3) is 4.74. The second-order valence-corrected chi connectivity index (χ2v) is 7.56. The summed E-state index contributed by atoms with van der Waals surface area (Å²) in [5.41, 5.74) is 1.30. The average molecular weight is 360 g/mol. The molecule has 1 unspecified atom stereocenters. The van der Waals surface area contributed by atoms with E-state index in [0.717, 1.165) is 31.5 Å². The fourth-order valence-electron chi connectivity index (χ4n) is 2.81. The zero-order valence-electron chi connectivity index (χ0n) is 13.9. The number of amides is 1. The fraction of sp³-hybridized carbons (Fsp3) is 0.316. The number of carbonyl (C=O) groups excluding carboxylic acids is 1. The molecule has 4 nitrogen and oxygen atoms in total. The Bertz CT molecular complexity index is 758. The van der Waals surface area contributed by atoms with Crippen molar-refractivity contribution in [1.82, 2.24) is 9.62 Å². The van der Waals surface area contributed by atoms with Crippen molar-refractivity contribution in [3.05, 3.63) is 65.5 Å². The van der Waals surface area contributed by atoms with Gasteiger partial charge in [-0.05, 0) is 48.7 Å². The predicted octanol–water partition coefficient (Wildman–Crippen LogP) is 3.26. The minimum Gasteiger partial charge on any atom is -0.348 e. The molecule has 1 saturated heterocycles. The molecule has 0 saturated carbocycles. The van der Waals surface area contributed by atoms with Gasteiger partial charge in [0.2, 0.25) is 0 Å². The Labute approximate surface area is 149 Å². The summed E-state index contributed by atoms with van der Waals surface area (Å²) < 4.78 is 27.5. The van der Waals surface area contributed by atoms with Crippen molar-refractivity contribution in [3.63, 3.8) is 0 Å². The van der Waals surface area contributed by atoms with Crippen molar-refractivity contribution in [2.45, 2.75) is 30.7 Å². The number of nitrogens with zero attached hydrogens (tertiary/aromatic N) is 1. The molecule has 1 amide bonds. The summed E-state index contributed by atoms with van der Waals surface area (Å²) in [5.74, 6) is -0.537. The Kier molecular flexibility index (Phi) is 5.94. The second kappa shape index (κ2) is 8.36. The van der Waals surface area contributed by atoms with Crippen LogP contribution in [-0.2, 0) is 17.5 Å². The minimum absolute atomic E-state index is 0.234. The van der Waals surface area contributed by atoms with E-state index in [0.29, 0.717) is 17.0 Å². The van der Waals surface area contributed by atoms with Crippen LogP contribution in [0.3, 0.4) is 0 Å². The monoisotopic (exact) mass is 360 g/mol. The number of hydrogen-bond donors (Lipinski definition) is 1. The van der Waals surface area contributed by atoms with Crippen LogP contribution < -0.4 is 5.32 Å². The third-order valence-corrected chi connectivity index (χ3v) is 5.71. The third-order valence-electron chi connectivity index (χ3n) is 4.21. The van der Waals surface area contributed by atoms with Gasteiger partial charge in [0.1, 0.15) is 16.8 Å². The molecule has 0 aromatic heterocycles. The average Bonchev–Trinajstić information content (AvgIpc) is 2.67. The Morgan fingerprint density at radius 1 is 1.08 bits per heavy atom. The number of nitrogens with one attached hydrogen (secondary N) is 1. The first-order valence-corrected chi connectivity index (χ1v) is 9.54. The molecule has 1 heterocycles. The number of rotatable bonds is 5. The molecular weight excluding hydrogens is 339 g/mol. The molecule has 1 fully saturated rings. The van der Waals surface area contributed by atoms with Crippen LogP contribution in [0.1, 0.15) is 35.2 Å². The SMILES string of the molecule is O=C(NCc1ccc(F)cc1)c1cccc(S(=O)N2CCCCC2)c1. The van der Waals surface area contributed by atoms with E-state index < -0.39 is 11.0 Å². The first kappa shape index (κ1) is 17.8. The molecule has 2 aromatic carbocycles. The predicted molar refractivity (Wildman–Crippen MR) is 95.8 cm³/mol. The van der Waals surface area contributed by atoms with Crippen LogP contribution in [0.4, 0.5) is 4.39 Å². The molecule has 3 rings (SSSR count). The lowest BCUT2D eigenvalue weighted by Gasteiger charge is -2.25. The normalized spacial score (nSPS) is 16.4. The number of halogens is 1. The zero-order chi connectivity index (χ0) is 17.6. The van der Waals surface area contributed by atoms with Crippen molar-refractivity contribution in [1.29, 1.82) is 0 Å². The van der Waals surface area contributed by atoms with Crippen LogP contribution >= 0.6 is 0 Å². The summed E-state index contributed by atoms with van der Waals surface area (Å²) in [5, 5.41) is 2.81. The van der Waals surface area contributed by atoms with E-state index in [9.17, 15) is 13.4 Å². The zero-order valence-corrected chi connectivity index (χ0v) is 14.7. The van der Waals surface area contributed by atoms with E-state index in [1.807, 2.05) is 4.31 Å². The standard InChI is InChI=1S/C19H21FN2O2S/c20-17-9-7-15(8-10-17)14-21-19(23)16-5-4-6-18(13-16)25(24)22-11-2-1-3-12-22/h4-10,13H,1-3,11-12,14H2,(H,21,23). The highest BCUT2D eigenvalue weighted by atomic mass is 32.2. The summed E-state index contributed by atoms with van der Waals surface area (Å²) >= 11 is 0. The van der Waals surface area contributed by atoms with E-state index in [2.05, 4.69) is 5.32 Å². The van der Waals surface area contributed by atoms with Gasteiger partial charge >= 0.3 is 0 Å². The van der Waals surface area contributed by atoms with E-state index >= 15 is 0 Å². The van der Waals surface area contributed by atoms with Gasteiger partial charge in [0.15, 0.2) is 0 Å². The first-order valence-electron chi connectivity index (χ1n) is 8.43. The van der Waals surface area contributed by atoms with E-state index in [4.69, 9.17) is 0 Å². The van der Waals surface area contributed by atoms with Crippen LogP contribution in [0.15, 0.2) is 53.4 Å². The van der Waals surface area contributed by atoms with E-state index in [1.165, 1.54) is 18.6 Å². The maximum atomic E-state index is 12.9. The number of piperidine rings is 1. The smallest absolute Gasteiger partial charge is 0.251 e. The van der Waals surface area contributed by atoms with Gasteiger partial charge in [0.25, 0.3) is 5.91 Å². The molecule has 0 bridgehead atoms. The molecule has 0 aliphatic carbocycles. The molecule has 2 aromatic rings. The molecule has 6 heteroatoms. The van der Waals surface area contributed by atoms with Gasteiger partial charge in [-0.25, -0.2) is 12.9 Å². The highest BCUT2D eigenvalue weighted by molar-refractivity contribution is 7.82. The molecule has 1 aliphatic heterocycles. The number of hydrogen-bond acceptors (Lipinski definition) is 2.